The van der Waals surface area contributed by atoms with Crippen molar-refractivity contribution in [2.45, 2.75) is 26.4 Å². The van der Waals surface area contributed by atoms with Crippen molar-refractivity contribution < 1.29 is 4.74 Å². The van der Waals surface area contributed by atoms with E-state index in [2.05, 4.69) is 32.8 Å². The summed E-state index contributed by atoms with van der Waals surface area (Å²) in [4.78, 5) is 8.59. The number of nitrogens with zero attached hydrogens (tertiary/aromatic N) is 5. The molecule has 6 heteroatoms. The van der Waals surface area contributed by atoms with Gasteiger partial charge in [0.25, 0.3) is 0 Å². The third-order valence-corrected chi connectivity index (χ3v) is 3.41. The van der Waals surface area contributed by atoms with Gasteiger partial charge in [-0.25, -0.2) is 9.97 Å². The molecule has 0 aliphatic carbocycles. The van der Waals surface area contributed by atoms with E-state index < -0.39 is 0 Å². The molecule has 3 heterocycles. The maximum absolute atomic E-state index is 5.18. The van der Waals surface area contributed by atoms with Crippen LogP contribution in [0.25, 0.3) is 11.4 Å². The highest BCUT2D eigenvalue weighted by Gasteiger charge is 2.09. The predicted octanol–water partition coefficient (Wildman–Crippen LogP) is 2.61. The normalized spacial score (nSPS) is 10.8. The van der Waals surface area contributed by atoms with Gasteiger partial charge in [-0.15, -0.1) is 0 Å². The molecule has 0 spiro atoms. The third kappa shape index (κ3) is 3.00. The summed E-state index contributed by atoms with van der Waals surface area (Å²) in [6.45, 7) is 3.83. The average Bonchev–Trinajstić information content (AvgIpc) is 3.18. The highest BCUT2D eigenvalue weighted by molar-refractivity contribution is 5.56. The average molecular weight is 297 g/mol. The molecule has 0 saturated heterocycles. The first-order valence-corrected chi connectivity index (χ1v) is 7.33. The monoisotopic (exact) mass is 297 g/mol. The SMILES string of the molecule is CCCn1cc(Cn2ccnc2-c2ccnc(OC)c2)cn1. The van der Waals surface area contributed by atoms with Crippen molar-refractivity contribution in [2.75, 3.05) is 7.11 Å². The van der Waals surface area contributed by atoms with Gasteiger partial charge in [0.15, 0.2) is 0 Å². The Morgan fingerprint density at radius 1 is 1.23 bits per heavy atom. The predicted molar refractivity (Wildman–Crippen MR) is 83.6 cm³/mol. The van der Waals surface area contributed by atoms with Gasteiger partial charge in [0, 0.05) is 48.5 Å². The van der Waals surface area contributed by atoms with E-state index in [4.69, 9.17) is 4.74 Å². The Labute approximate surface area is 129 Å². The van der Waals surface area contributed by atoms with Gasteiger partial charge in [-0.1, -0.05) is 6.92 Å². The summed E-state index contributed by atoms with van der Waals surface area (Å²) in [7, 11) is 1.61. The van der Waals surface area contributed by atoms with Crippen LogP contribution in [0.1, 0.15) is 18.9 Å². The third-order valence-electron chi connectivity index (χ3n) is 3.41. The van der Waals surface area contributed by atoms with Crippen LogP contribution in [0.3, 0.4) is 0 Å². The fourth-order valence-corrected chi connectivity index (χ4v) is 2.39. The molecule has 3 rings (SSSR count). The zero-order valence-corrected chi connectivity index (χ0v) is 12.8. The molecule has 0 amide bonds. The lowest BCUT2D eigenvalue weighted by atomic mass is 10.2. The number of methoxy groups -OCH3 is 1. The molecule has 22 heavy (non-hydrogen) atoms. The van der Waals surface area contributed by atoms with Crippen molar-refractivity contribution in [1.29, 1.82) is 0 Å². The fraction of sp³-hybridized carbons (Fsp3) is 0.312. The molecule has 3 aromatic heterocycles. The number of aryl methyl sites for hydroxylation is 1. The Kier molecular flexibility index (Phi) is 4.18. The van der Waals surface area contributed by atoms with Crippen molar-refractivity contribution >= 4 is 0 Å². The van der Waals surface area contributed by atoms with Crippen molar-refractivity contribution in [2.24, 2.45) is 0 Å². The van der Waals surface area contributed by atoms with Crippen LogP contribution in [0.4, 0.5) is 0 Å². The van der Waals surface area contributed by atoms with Gasteiger partial charge in [0.05, 0.1) is 19.9 Å². The number of hydrogen-bond donors (Lipinski definition) is 0. The van der Waals surface area contributed by atoms with Crippen LogP contribution in [0, 0.1) is 0 Å². The standard InChI is InChI=1S/C16H19N5O/c1-3-7-21-12-13(10-19-21)11-20-8-6-18-16(20)14-4-5-17-15(9-14)22-2/h4-6,8-10,12H,3,7,11H2,1-2H3. The maximum Gasteiger partial charge on any atom is 0.213 e. The largest absolute Gasteiger partial charge is 0.481 e. The lowest BCUT2D eigenvalue weighted by Crippen LogP contribution is -2.01. The van der Waals surface area contributed by atoms with Gasteiger partial charge in [0.2, 0.25) is 5.88 Å². The van der Waals surface area contributed by atoms with Gasteiger partial charge in [-0.2, -0.15) is 5.10 Å². The number of ether oxygens (including phenoxy) is 1. The molecule has 0 atom stereocenters. The molecule has 0 bridgehead atoms. The van der Waals surface area contributed by atoms with E-state index in [9.17, 15) is 0 Å². The summed E-state index contributed by atoms with van der Waals surface area (Å²) >= 11 is 0. The molecule has 0 aromatic carbocycles. The van der Waals surface area contributed by atoms with Crippen molar-refractivity contribution in [3.8, 4) is 17.3 Å². The van der Waals surface area contributed by atoms with Gasteiger partial charge >= 0.3 is 0 Å². The van der Waals surface area contributed by atoms with Gasteiger partial charge < -0.3 is 9.30 Å². The molecule has 0 radical (unpaired) electrons. The molecule has 0 N–H and O–H groups in total. The van der Waals surface area contributed by atoms with Crippen molar-refractivity contribution in [3.63, 3.8) is 0 Å². The van der Waals surface area contributed by atoms with Crippen LogP contribution < -0.4 is 4.74 Å². The van der Waals surface area contributed by atoms with E-state index in [-0.39, 0.29) is 0 Å². The number of aromatic nitrogens is 5. The van der Waals surface area contributed by atoms with Crippen LogP contribution in [-0.2, 0) is 13.1 Å². The number of rotatable bonds is 6. The zero-order chi connectivity index (χ0) is 15.4. The quantitative estimate of drug-likeness (QED) is 0.702. The highest BCUT2D eigenvalue weighted by atomic mass is 16.5. The summed E-state index contributed by atoms with van der Waals surface area (Å²) in [5.74, 6) is 1.48. The van der Waals surface area contributed by atoms with E-state index in [1.807, 2.05) is 29.2 Å². The van der Waals surface area contributed by atoms with Crippen molar-refractivity contribution in [3.05, 3.63) is 48.7 Å². The first kappa shape index (κ1) is 14.3. The van der Waals surface area contributed by atoms with E-state index in [1.54, 1.807) is 19.5 Å². The number of imidazole rings is 1. The first-order chi connectivity index (χ1) is 10.8. The van der Waals surface area contributed by atoms with Crippen LogP contribution in [0.5, 0.6) is 5.88 Å². The Morgan fingerprint density at radius 2 is 2.14 bits per heavy atom. The summed E-state index contributed by atoms with van der Waals surface area (Å²) in [6.07, 6.45) is 10.6. The molecule has 0 fully saturated rings. The minimum absolute atomic E-state index is 0.586. The second kappa shape index (κ2) is 6.43. The van der Waals surface area contributed by atoms with Gasteiger partial charge in [-0.05, 0) is 12.5 Å². The lowest BCUT2D eigenvalue weighted by Gasteiger charge is -2.07. The van der Waals surface area contributed by atoms with Gasteiger partial charge in [0.1, 0.15) is 5.82 Å². The molecule has 6 nitrogen and oxygen atoms in total. The lowest BCUT2D eigenvalue weighted by molar-refractivity contribution is 0.398. The van der Waals surface area contributed by atoms with E-state index >= 15 is 0 Å². The molecule has 0 aliphatic heterocycles. The van der Waals surface area contributed by atoms with Gasteiger partial charge in [-0.3, -0.25) is 4.68 Å². The minimum Gasteiger partial charge on any atom is -0.481 e. The summed E-state index contributed by atoms with van der Waals surface area (Å²) in [5.41, 5.74) is 2.14. The fourth-order valence-electron chi connectivity index (χ4n) is 2.39. The van der Waals surface area contributed by atoms with E-state index in [0.29, 0.717) is 5.88 Å². The summed E-state index contributed by atoms with van der Waals surface area (Å²) in [6, 6.07) is 3.82. The van der Waals surface area contributed by atoms with E-state index in [1.165, 1.54) is 0 Å². The summed E-state index contributed by atoms with van der Waals surface area (Å²) in [5, 5.41) is 4.37. The summed E-state index contributed by atoms with van der Waals surface area (Å²) < 4.78 is 9.25. The Morgan fingerprint density at radius 3 is 2.95 bits per heavy atom. The first-order valence-electron chi connectivity index (χ1n) is 7.33. The molecule has 0 unspecified atom stereocenters. The van der Waals surface area contributed by atoms with Crippen molar-refractivity contribution in [1.82, 2.24) is 24.3 Å². The molecule has 0 aliphatic rings. The topological polar surface area (TPSA) is 57.8 Å². The molecular weight excluding hydrogens is 278 g/mol. The second-order valence-corrected chi connectivity index (χ2v) is 5.08. The Hall–Kier alpha value is -2.63. The molecule has 3 aromatic rings. The molecule has 114 valence electrons. The maximum atomic E-state index is 5.18. The van der Waals surface area contributed by atoms with Crippen LogP contribution in [0.15, 0.2) is 43.1 Å². The van der Waals surface area contributed by atoms with E-state index in [0.717, 1.165) is 36.5 Å². The minimum atomic E-state index is 0.586. The van der Waals surface area contributed by atoms with Crippen LogP contribution >= 0.6 is 0 Å². The highest BCUT2D eigenvalue weighted by Crippen LogP contribution is 2.21. The Balaban J connectivity index is 1.84. The number of pyridine rings is 1. The zero-order valence-electron chi connectivity index (χ0n) is 12.8. The Bertz CT molecular complexity index is 746. The molecular formula is C16H19N5O. The smallest absolute Gasteiger partial charge is 0.213 e. The molecule has 0 saturated carbocycles. The number of hydrogen-bond acceptors (Lipinski definition) is 4. The van der Waals surface area contributed by atoms with Crippen LogP contribution in [-0.4, -0.2) is 31.4 Å². The van der Waals surface area contributed by atoms with Crippen LogP contribution in [0.2, 0.25) is 0 Å². The second-order valence-electron chi connectivity index (χ2n) is 5.08.